The summed E-state index contributed by atoms with van der Waals surface area (Å²) in [7, 11) is 3.47. The van der Waals surface area contributed by atoms with Crippen molar-refractivity contribution in [3.05, 3.63) is 41.6 Å². The first kappa shape index (κ1) is 14.8. The van der Waals surface area contributed by atoms with Crippen LogP contribution in [-0.2, 0) is 0 Å². The van der Waals surface area contributed by atoms with E-state index in [1.165, 1.54) is 0 Å². The zero-order chi connectivity index (χ0) is 15.9. The second-order valence-electron chi connectivity index (χ2n) is 5.28. The highest BCUT2D eigenvalue weighted by atomic mass is 79.9. The molecule has 3 rings (SSSR count). The van der Waals surface area contributed by atoms with Gasteiger partial charge in [0.25, 0.3) is 5.91 Å². The lowest BCUT2D eigenvalue weighted by Crippen LogP contribution is -2.41. The molecule has 7 heteroatoms. The van der Waals surface area contributed by atoms with Crippen molar-refractivity contribution in [1.82, 2.24) is 9.80 Å². The molecule has 1 amide bonds. The smallest absolute Gasteiger partial charge is 0.253 e. The molecule has 0 saturated carbocycles. The first-order valence-corrected chi connectivity index (χ1v) is 7.74. The summed E-state index contributed by atoms with van der Waals surface area (Å²) in [6.45, 7) is 0.610. The van der Waals surface area contributed by atoms with Gasteiger partial charge >= 0.3 is 0 Å². The molecule has 6 nitrogen and oxygen atoms in total. The Bertz CT molecular complexity index is 722. The van der Waals surface area contributed by atoms with E-state index in [1.54, 1.807) is 31.3 Å². The summed E-state index contributed by atoms with van der Waals surface area (Å²) < 4.78 is 0. The minimum absolute atomic E-state index is 0.0352. The van der Waals surface area contributed by atoms with Crippen LogP contribution < -0.4 is 5.73 Å². The van der Waals surface area contributed by atoms with E-state index in [0.29, 0.717) is 23.8 Å². The van der Waals surface area contributed by atoms with Gasteiger partial charge < -0.3 is 15.5 Å². The van der Waals surface area contributed by atoms with Gasteiger partial charge in [-0.1, -0.05) is 28.1 Å². The van der Waals surface area contributed by atoms with Crippen molar-refractivity contribution < 1.29 is 4.79 Å². The molecular weight excluding hydrogens is 346 g/mol. The largest absolute Gasteiger partial charge is 0.381 e. The molecule has 0 saturated heterocycles. The maximum Gasteiger partial charge on any atom is 0.253 e. The predicted molar refractivity (Wildman–Crippen MR) is 90.9 cm³/mol. The van der Waals surface area contributed by atoms with Crippen molar-refractivity contribution in [2.24, 2.45) is 15.7 Å². The van der Waals surface area contributed by atoms with Crippen LogP contribution in [-0.4, -0.2) is 53.0 Å². The van der Waals surface area contributed by atoms with Crippen LogP contribution in [0.3, 0.4) is 0 Å². The number of amides is 1. The Labute approximate surface area is 137 Å². The fraction of sp³-hybridized carbons (Fsp3) is 0.267. The summed E-state index contributed by atoms with van der Waals surface area (Å²) >= 11 is 3.60. The highest BCUT2D eigenvalue weighted by Crippen LogP contribution is 2.31. The van der Waals surface area contributed by atoms with E-state index in [-0.39, 0.29) is 10.9 Å². The van der Waals surface area contributed by atoms with Crippen molar-refractivity contribution in [3.63, 3.8) is 0 Å². The molecule has 0 aliphatic carbocycles. The molecular formula is C15H16BrN5O. The lowest BCUT2D eigenvalue weighted by atomic mass is 10.1. The summed E-state index contributed by atoms with van der Waals surface area (Å²) in [6, 6.07) is 7.48. The maximum absolute atomic E-state index is 12.1. The van der Waals surface area contributed by atoms with Crippen LogP contribution in [0, 0.1) is 0 Å². The van der Waals surface area contributed by atoms with Crippen molar-refractivity contribution >= 4 is 39.2 Å². The third kappa shape index (κ3) is 2.41. The standard InChI is InChI=1S/C15H16BrN5O/c1-20(2)15(22)10-5-3-4-9(6-10)11-7-18-13(17)14-19-8-12(16)21(11)14/h3-7,12H,8H2,1-2H3,(H2,17,18). The zero-order valence-electron chi connectivity index (χ0n) is 12.3. The number of rotatable bonds is 2. The minimum Gasteiger partial charge on any atom is -0.381 e. The second kappa shape index (κ2) is 5.57. The Morgan fingerprint density at radius 3 is 2.95 bits per heavy atom. The Balaban J connectivity index is 2.02. The summed E-state index contributed by atoms with van der Waals surface area (Å²) in [4.78, 5) is 24.4. The van der Waals surface area contributed by atoms with E-state index in [9.17, 15) is 4.79 Å². The van der Waals surface area contributed by atoms with Gasteiger partial charge in [0.2, 0.25) is 0 Å². The van der Waals surface area contributed by atoms with Crippen molar-refractivity contribution in [3.8, 4) is 0 Å². The normalized spacial score (nSPS) is 20.0. The summed E-state index contributed by atoms with van der Waals surface area (Å²) in [5.74, 6) is 1.04. The Morgan fingerprint density at radius 2 is 2.23 bits per heavy atom. The number of nitrogens with two attached hydrogens (primary N) is 1. The third-order valence-electron chi connectivity index (χ3n) is 3.53. The summed E-state index contributed by atoms with van der Waals surface area (Å²) in [6.07, 6.45) is 1.72. The Morgan fingerprint density at radius 1 is 1.45 bits per heavy atom. The predicted octanol–water partition coefficient (Wildman–Crippen LogP) is 1.49. The number of benzene rings is 1. The number of fused-ring (bicyclic) bond motifs is 1. The molecule has 2 aliphatic rings. The molecule has 0 radical (unpaired) electrons. The minimum atomic E-state index is -0.0352. The molecule has 0 fully saturated rings. The van der Waals surface area contributed by atoms with Gasteiger partial charge in [0, 0.05) is 25.2 Å². The van der Waals surface area contributed by atoms with E-state index >= 15 is 0 Å². The van der Waals surface area contributed by atoms with Crippen LogP contribution in [0.4, 0.5) is 0 Å². The zero-order valence-corrected chi connectivity index (χ0v) is 13.9. The molecule has 22 heavy (non-hydrogen) atoms. The van der Waals surface area contributed by atoms with Gasteiger partial charge in [0.05, 0.1) is 18.4 Å². The molecule has 114 valence electrons. The lowest BCUT2D eigenvalue weighted by molar-refractivity contribution is 0.0827. The molecule has 0 bridgehead atoms. The van der Waals surface area contributed by atoms with Crippen LogP contribution in [0.25, 0.3) is 5.70 Å². The van der Waals surface area contributed by atoms with E-state index < -0.39 is 0 Å². The highest BCUT2D eigenvalue weighted by molar-refractivity contribution is 9.09. The van der Waals surface area contributed by atoms with E-state index in [2.05, 4.69) is 25.9 Å². The fourth-order valence-electron chi connectivity index (χ4n) is 2.46. The molecule has 2 aliphatic heterocycles. The lowest BCUT2D eigenvalue weighted by Gasteiger charge is -2.29. The SMILES string of the molecule is CN(C)C(=O)c1cccc(C2=CN=C(N)C3=NCC(Br)N23)c1. The van der Waals surface area contributed by atoms with Crippen LogP contribution in [0.2, 0.25) is 0 Å². The van der Waals surface area contributed by atoms with Crippen LogP contribution in [0.5, 0.6) is 0 Å². The second-order valence-corrected chi connectivity index (χ2v) is 6.33. The topological polar surface area (TPSA) is 74.3 Å². The van der Waals surface area contributed by atoms with E-state index in [0.717, 1.165) is 11.3 Å². The van der Waals surface area contributed by atoms with Gasteiger partial charge in [0.15, 0.2) is 11.7 Å². The van der Waals surface area contributed by atoms with Crippen LogP contribution in [0.1, 0.15) is 15.9 Å². The Kier molecular flexibility index (Phi) is 3.74. The van der Waals surface area contributed by atoms with E-state index in [4.69, 9.17) is 5.73 Å². The molecule has 0 spiro atoms. The fourth-order valence-corrected chi connectivity index (χ4v) is 3.02. The molecule has 2 heterocycles. The third-order valence-corrected chi connectivity index (χ3v) is 4.23. The number of alkyl halides is 1. The van der Waals surface area contributed by atoms with Gasteiger partial charge in [0.1, 0.15) is 4.95 Å². The van der Waals surface area contributed by atoms with Gasteiger partial charge in [-0.3, -0.25) is 9.79 Å². The maximum atomic E-state index is 12.1. The average Bonchev–Trinajstić information content (AvgIpc) is 2.90. The number of carbonyl (C=O) groups is 1. The quantitative estimate of drug-likeness (QED) is 0.640. The molecule has 1 atom stereocenters. The van der Waals surface area contributed by atoms with Gasteiger partial charge in [-0.15, -0.1) is 0 Å². The molecule has 1 aromatic carbocycles. The first-order valence-electron chi connectivity index (χ1n) is 6.82. The number of hydrogen-bond acceptors (Lipinski definition) is 5. The van der Waals surface area contributed by atoms with Crippen LogP contribution in [0.15, 0.2) is 40.5 Å². The summed E-state index contributed by atoms with van der Waals surface area (Å²) in [5.41, 5.74) is 8.31. The average molecular weight is 362 g/mol. The van der Waals surface area contributed by atoms with Gasteiger partial charge in [-0.25, -0.2) is 4.99 Å². The first-order chi connectivity index (χ1) is 10.5. The number of halogens is 1. The van der Waals surface area contributed by atoms with Gasteiger partial charge in [-0.05, 0) is 12.1 Å². The van der Waals surface area contributed by atoms with Gasteiger partial charge in [-0.2, -0.15) is 0 Å². The highest BCUT2D eigenvalue weighted by Gasteiger charge is 2.33. The number of amidine groups is 2. The monoisotopic (exact) mass is 361 g/mol. The summed E-state index contributed by atoms with van der Waals surface area (Å²) in [5, 5.41) is 0. The number of carbonyl (C=O) groups excluding carboxylic acids is 1. The van der Waals surface area contributed by atoms with E-state index in [1.807, 2.05) is 23.1 Å². The Hall–Kier alpha value is -2.15. The number of hydrogen-bond donors (Lipinski definition) is 1. The molecule has 1 unspecified atom stereocenters. The number of nitrogens with zero attached hydrogens (tertiary/aromatic N) is 4. The number of aliphatic imine (C=N–C) groups is 2. The van der Waals surface area contributed by atoms with Crippen LogP contribution >= 0.6 is 15.9 Å². The van der Waals surface area contributed by atoms with Crippen molar-refractivity contribution in [2.45, 2.75) is 4.95 Å². The van der Waals surface area contributed by atoms with Crippen molar-refractivity contribution in [1.29, 1.82) is 0 Å². The molecule has 2 N–H and O–H groups in total. The van der Waals surface area contributed by atoms with Crippen molar-refractivity contribution in [2.75, 3.05) is 20.6 Å². The molecule has 1 aromatic rings. The molecule has 0 aromatic heterocycles.